The second-order valence-corrected chi connectivity index (χ2v) is 10.5. The van der Waals surface area contributed by atoms with E-state index >= 15 is 0 Å². The van der Waals surface area contributed by atoms with E-state index in [1.165, 1.54) is 39.9 Å². The van der Waals surface area contributed by atoms with Gasteiger partial charge in [-0.2, -0.15) is 4.31 Å². The molecular weight excluding hydrogens is 450 g/mol. The number of carbonyl (C=O) groups is 1. The summed E-state index contributed by atoms with van der Waals surface area (Å²) >= 11 is 1.30. The third-order valence-corrected chi connectivity index (χ3v) is 8.26. The molecule has 32 heavy (non-hydrogen) atoms. The highest BCUT2D eigenvalue weighted by Crippen LogP contribution is 2.36. The maximum Gasteiger partial charge on any atom is 0.257 e. The van der Waals surface area contributed by atoms with Gasteiger partial charge < -0.3 is 9.47 Å². The number of fused-ring (bicyclic) bond motifs is 1. The van der Waals surface area contributed by atoms with Crippen molar-refractivity contribution in [2.45, 2.75) is 30.6 Å². The molecule has 1 aliphatic heterocycles. The molecule has 0 atom stereocenters. The molecule has 0 aliphatic carbocycles. The van der Waals surface area contributed by atoms with Crippen molar-refractivity contribution in [3.05, 3.63) is 42.0 Å². The van der Waals surface area contributed by atoms with Crippen molar-refractivity contribution in [3.63, 3.8) is 0 Å². The second-order valence-electron chi connectivity index (χ2n) is 7.49. The minimum Gasteiger partial charge on any atom is -0.497 e. The van der Waals surface area contributed by atoms with Crippen molar-refractivity contribution < 1.29 is 22.7 Å². The van der Waals surface area contributed by atoms with Gasteiger partial charge in [-0.1, -0.05) is 24.2 Å². The largest absolute Gasteiger partial charge is 0.497 e. The predicted molar refractivity (Wildman–Crippen MR) is 124 cm³/mol. The number of methoxy groups -OCH3 is 2. The fraction of sp³-hybridized carbons (Fsp3) is 0.364. The van der Waals surface area contributed by atoms with E-state index in [1.807, 2.05) is 6.07 Å². The molecule has 1 fully saturated rings. The van der Waals surface area contributed by atoms with Crippen molar-refractivity contribution in [2.75, 3.05) is 32.6 Å². The molecule has 1 amide bonds. The number of hydrogen-bond acceptors (Lipinski definition) is 7. The smallest absolute Gasteiger partial charge is 0.257 e. The molecule has 0 bridgehead atoms. The fourth-order valence-corrected chi connectivity index (χ4v) is 6.10. The highest BCUT2D eigenvalue weighted by molar-refractivity contribution is 7.89. The number of rotatable bonds is 6. The fourth-order valence-electron chi connectivity index (χ4n) is 3.68. The summed E-state index contributed by atoms with van der Waals surface area (Å²) in [6.45, 7) is 1.08. The molecular formula is C22H25N3O5S2. The number of nitrogens with zero attached hydrogens (tertiary/aromatic N) is 2. The number of anilines is 1. The lowest BCUT2D eigenvalue weighted by Crippen LogP contribution is -2.31. The molecule has 1 aromatic heterocycles. The molecule has 1 saturated heterocycles. The van der Waals surface area contributed by atoms with Gasteiger partial charge in [0.05, 0.1) is 23.8 Å². The molecule has 2 heterocycles. The van der Waals surface area contributed by atoms with Crippen LogP contribution in [0, 0.1) is 0 Å². The summed E-state index contributed by atoms with van der Waals surface area (Å²) in [4.78, 5) is 17.4. The average Bonchev–Trinajstić information content (AvgIpc) is 3.00. The zero-order valence-electron chi connectivity index (χ0n) is 18.0. The Bertz CT molecular complexity index is 1210. The Labute approximate surface area is 191 Å². The number of carbonyl (C=O) groups excluding carboxylic acids is 1. The molecule has 1 aliphatic rings. The Kier molecular flexibility index (Phi) is 6.63. The van der Waals surface area contributed by atoms with Crippen molar-refractivity contribution in [3.8, 4) is 11.5 Å². The minimum absolute atomic E-state index is 0.202. The van der Waals surface area contributed by atoms with Crippen LogP contribution in [-0.4, -0.2) is 50.9 Å². The van der Waals surface area contributed by atoms with Crippen molar-refractivity contribution in [1.29, 1.82) is 0 Å². The first-order valence-corrected chi connectivity index (χ1v) is 12.6. The number of nitrogens with one attached hydrogen (secondary N) is 1. The van der Waals surface area contributed by atoms with Gasteiger partial charge in [-0.25, -0.2) is 13.4 Å². The number of aromatic nitrogens is 1. The van der Waals surface area contributed by atoms with Crippen LogP contribution in [-0.2, 0) is 10.0 Å². The van der Waals surface area contributed by atoms with Crippen LogP contribution in [0.1, 0.15) is 36.0 Å². The van der Waals surface area contributed by atoms with Gasteiger partial charge in [-0.15, -0.1) is 0 Å². The molecule has 8 nitrogen and oxygen atoms in total. The molecule has 170 valence electrons. The molecule has 0 saturated carbocycles. The topological polar surface area (TPSA) is 97.8 Å². The van der Waals surface area contributed by atoms with Crippen molar-refractivity contribution in [1.82, 2.24) is 9.29 Å². The van der Waals surface area contributed by atoms with Crippen LogP contribution in [0.4, 0.5) is 5.13 Å². The normalized spacial score (nSPS) is 15.3. The lowest BCUT2D eigenvalue weighted by atomic mass is 10.2. The van der Waals surface area contributed by atoms with Crippen LogP contribution in [0.5, 0.6) is 11.5 Å². The molecule has 1 N–H and O–H groups in total. The average molecular weight is 476 g/mol. The van der Waals surface area contributed by atoms with Gasteiger partial charge in [0.15, 0.2) is 5.13 Å². The Hall–Kier alpha value is -2.69. The first-order chi connectivity index (χ1) is 15.4. The van der Waals surface area contributed by atoms with E-state index in [2.05, 4.69) is 10.3 Å². The van der Waals surface area contributed by atoms with Gasteiger partial charge in [-0.3, -0.25) is 10.1 Å². The number of sulfonamides is 1. The van der Waals surface area contributed by atoms with Gasteiger partial charge in [0, 0.05) is 24.7 Å². The van der Waals surface area contributed by atoms with Gasteiger partial charge in [-0.05, 0) is 43.2 Å². The van der Waals surface area contributed by atoms with Crippen molar-refractivity contribution >= 4 is 42.6 Å². The summed E-state index contributed by atoms with van der Waals surface area (Å²) in [5, 5.41) is 3.19. The zero-order valence-corrected chi connectivity index (χ0v) is 19.6. The third kappa shape index (κ3) is 4.57. The Balaban J connectivity index is 1.52. The minimum atomic E-state index is -3.55. The monoisotopic (exact) mass is 475 g/mol. The first kappa shape index (κ1) is 22.5. The summed E-state index contributed by atoms with van der Waals surface area (Å²) in [6.07, 6.45) is 3.85. The zero-order chi connectivity index (χ0) is 22.7. The van der Waals surface area contributed by atoms with E-state index in [4.69, 9.17) is 9.47 Å². The molecule has 3 aromatic rings. The number of thiazole rings is 1. The number of amides is 1. The van der Waals surface area contributed by atoms with Gasteiger partial charge in [0.1, 0.15) is 17.0 Å². The van der Waals surface area contributed by atoms with E-state index < -0.39 is 10.0 Å². The molecule has 0 spiro atoms. The van der Waals surface area contributed by atoms with Gasteiger partial charge in [0.25, 0.3) is 5.91 Å². The van der Waals surface area contributed by atoms with Crippen LogP contribution in [0.15, 0.2) is 41.3 Å². The quantitative estimate of drug-likeness (QED) is 0.576. The standard InChI is InChI=1S/C22H25N3O5S2/c1-29-16-13-18(30-2)20-19(14-16)31-22(23-20)24-21(26)15-7-9-17(10-8-15)32(27,28)25-11-5-3-4-6-12-25/h7-10,13-14H,3-6,11-12H2,1-2H3,(H,23,24,26). The molecule has 0 unspecified atom stereocenters. The molecule has 2 aromatic carbocycles. The second kappa shape index (κ2) is 9.43. The predicted octanol–water partition coefficient (Wildman–Crippen LogP) is 4.13. The molecule has 10 heteroatoms. The Morgan fingerprint density at radius 1 is 1.03 bits per heavy atom. The lowest BCUT2D eigenvalue weighted by Gasteiger charge is -2.20. The summed E-state index contributed by atoms with van der Waals surface area (Å²) in [5.41, 5.74) is 0.983. The Morgan fingerprint density at radius 2 is 1.72 bits per heavy atom. The summed E-state index contributed by atoms with van der Waals surface area (Å²) in [5.74, 6) is 0.824. The van der Waals surface area contributed by atoms with E-state index in [0.29, 0.717) is 40.8 Å². The van der Waals surface area contributed by atoms with E-state index in [0.717, 1.165) is 30.4 Å². The highest BCUT2D eigenvalue weighted by Gasteiger charge is 2.25. The van der Waals surface area contributed by atoms with Crippen LogP contribution in [0.25, 0.3) is 10.2 Å². The SMILES string of the molecule is COc1cc(OC)c2nc(NC(=O)c3ccc(S(=O)(=O)N4CCCCCC4)cc3)sc2c1. The number of hydrogen-bond donors (Lipinski definition) is 1. The lowest BCUT2D eigenvalue weighted by molar-refractivity contribution is 0.102. The third-order valence-electron chi connectivity index (χ3n) is 5.43. The number of benzene rings is 2. The number of ether oxygens (including phenoxy) is 2. The van der Waals surface area contributed by atoms with Crippen LogP contribution in [0.2, 0.25) is 0 Å². The van der Waals surface area contributed by atoms with Gasteiger partial charge in [0.2, 0.25) is 10.0 Å². The van der Waals surface area contributed by atoms with E-state index in [-0.39, 0.29) is 10.8 Å². The van der Waals surface area contributed by atoms with Crippen molar-refractivity contribution in [2.24, 2.45) is 0 Å². The first-order valence-electron chi connectivity index (χ1n) is 10.4. The van der Waals surface area contributed by atoms with Crippen LogP contribution >= 0.6 is 11.3 Å². The molecule has 0 radical (unpaired) electrons. The summed E-state index contributed by atoms with van der Waals surface area (Å²) in [6, 6.07) is 9.58. The molecule has 4 rings (SSSR count). The van der Waals surface area contributed by atoms with Crippen LogP contribution in [0.3, 0.4) is 0 Å². The maximum absolute atomic E-state index is 12.9. The highest BCUT2D eigenvalue weighted by atomic mass is 32.2. The van der Waals surface area contributed by atoms with Gasteiger partial charge >= 0.3 is 0 Å². The Morgan fingerprint density at radius 3 is 2.34 bits per heavy atom. The summed E-state index contributed by atoms with van der Waals surface area (Å²) < 4.78 is 38.8. The van der Waals surface area contributed by atoms with E-state index in [1.54, 1.807) is 20.3 Å². The van der Waals surface area contributed by atoms with Crippen LogP contribution < -0.4 is 14.8 Å². The van der Waals surface area contributed by atoms with E-state index in [9.17, 15) is 13.2 Å². The maximum atomic E-state index is 12.9. The summed E-state index contributed by atoms with van der Waals surface area (Å²) in [7, 11) is -0.434.